The van der Waals surface area contributed by atoms with Crippen LogP contribution in [0.1, 0.15) is 6.42 Å². The van der Waals surface area contributed by atoms with E-state index in [9.17, 15) is 18.4 Å². The quantitative estimate of drug-likeness (QED) is 0.287. The van der Waals surface area contributed by atoms with E-state index < -0.39 is 30.0 Å². The molecule has 0 aromatic heterocycles. The van der Waals surface area contributed by atoms with Crippen molar-refractivity contribution >= 4 is 11.9 Å². The summed E-state index contributed by atoms with van der Waals surface area (Å²) in [6, 6.07) is 0. The SMILES string of the molecule is O=C1CC(=C(F)F)C(=O)O1. The first-order valence-electron chi connectivity index (χ1n) is 2.40. The zero-order chi connectivity index (χ0) is 7.72. The van der Waals surface area contributed by atoms with Gasteiger partial charge < -0.3 is 4.74 Å². The van der Waals surface area contributed by atoms with Crippen LogP contribution in [0.25, 0.3) is 0 Å². The number of halogens is 2. The highest BCUT2D eigenvalue weighted by atomic mass is 19.3. The van der Waals surface area contributed by atoms with Gasteiger partial charge in [0, 0.05) is 0 Å². The number of ether oxygens (including phenoxy) is 1. The van der Waals surface area contributed by atoms with Gasteiger partial charge in [0.2, 0.25) is 0 Å². The lowest BCUT2D eigenvalue weighted by Gasteiger charge is -1.83. The van der Waals surface area contributed by atoms with Gasteiger partial charge in [0.15, 0.2) is 0 Å². The van der Waals surface area contributed by atoms with Crippen molar-refractivity contribution in [3.8, 4) is 0 Å². The molecule has 0 saturated carbocycles. The van der Waals surface area contributed by atoms with Gasteiger partial charge in [-0.3, -0.25) is 4.79 Å². The Hall–Kier alpha value is -1.26. The van der Waals surface area contributed by atoms with E-state index in [1.54, 1.807) is 0 Å². The first-order chi connectivity index (χ1) is 4.61. The van der Waals surface area contributed by atoms with Crippen LogP contribution in [0.3, 0.4) is 0 Å². The second-order valence-electron chi connectivity index (χ2n) is 1.68. The molecule has 3 nitrogen and oxygen atoms in total. The van der Waals surface area contributed by atoms with Crippen LogP contribution < -0.4 is 0 Å². The molecule has 1 aliphatic rings. The molecule has 0 aromatic rings. The van der Waals surface area contributed by atoms with Gasteiger partial charge in [-0.05, 0) is 0 Å². The standard InChI is InChI=1S/C5H2F2O3/c6-4(7)2-1-3(8)10-5(2)9/h1H2. The molecule has 5 heteroatoms. The maximum Gasteiger partial charge on any atom is 0.347 e. The second-order valence-corrected chi connectivity index (χ2v) is 1.68. The van der Waals surface area contributed by atoms with Gasteiger partial charge in [-0.1, -0.05) is 0 Å². The topological polar surface area (TPSA) is 43.4 Å². The lowest BCUT2D eigenvalue weighted by molar-refractivity contribution is -0.151. The summed E-state index contributed by atoms with van der Waals surface area (Å²) in [6.45, 7) is 0. The van der Waals surface area contributed by atoms with Crippen LogP contribution in [0.4, 0.5) is 8.78 Å². The monoisotopic (exact) mass is 148 g/mol. The van der Waals surface area contributed by atoms with Gasteiger partial charge in [-0.25, -0.2) is 4.79 Å². The number of hydrogen-bond donors (Lipinski definition) is 0. The predicted molar refractivity (Wildman–Crippen MR) is 25.0 cm³/mol. The molecule has 1 fully saturated rings. The first kappa shape index (κ1) is 6.85. The third kappa shape index (κ3) is 1.02. The number of rotatable bonds is 0. The normalized spacial score (nSPS) is 17.6. The van der Waals surface area contributed by atoms with Crippen molar-refractivity contribution in [2.75, 3.05) is 0 Å². The van der Waals surface area contributed by atoms with Crippen molar-refractivity contribution in [2.24, 2.45) is 0 Å². The zero-order valence-electron chi connectivity index (χ0n) is 4.69. The molecule has 0 aliphatic carbocycles. The Bertz CT molecular complexity index is 227. The Kier molecular flexibility index (Phi) is 1.48. The molecule has 10 heavy (non-hydrogen) atoms. The summed E-state index contributed by atoms with van der Waals surface area (Å²) in [5.41, 5.74) is -0.829. The summed E-state index contributed by atoms with van der Waals surface area (Å²) in [5.74, 6) is -2.15. The predicted octanol–water partition coefficient (Wildman–Crippen LogP) is 0.611. The third-order valence-corrected chi connectivity index (χ3v) is 1.00. The van der Waals surface area contributed by atoms with E-state index in [1.807, 2.05) is 0 Å². The van der Waals surface area contributed by atoms with Crippen LogP contribution in [0, 0.1) is 0 Å². The first-order valence-corrected chi connectivity index (χ1v) is 2.40. The van der Waals surface area contributed by atoms with Gasteiger partial charge in [0.1, 0.15) is 5.57 Å². The maximum atomic E-state index is 11.6. The molecule has 0 aromatic carbocycles. The number of carbonyl (C=O) groups is 2. The maximum absolute atomic E-state index is 11.6. The molecule has 1 rings (SSSR count). The van der Waals surface area contributed by atoms with Gasteiger partial charge in [0.05, 0.1) is 6.42 Å². The molecule has 0 unspecified atom stereocenters. The summed E-state index contributed by atoms with van der Waals surface area (Å²) in [5, 5.41) is 0. The Labute approximate surface area is 54.3 Å². The van der Waals surface area contributed by atoms with E-state index in [0.29, 0.717) is 0 Å². The average Bonchev–Trinajstić information content (AvgIpc) is 2.10. The number of carbonyl (C=O) groups excluding carboxylic acids is 2. The van der Waals surface area contributed by atoms with E-state index in [4.69, 9.17) is 0 Å². The molecule has 0 N–H and O–H groups in total. The Morgan fingerprint density at radius 2 is 2.00 bits per heavy atom. The minimum absolute atomic E-state index is 0.610. The van der Waals surface area contributed by atoms with Gasteiger partial charge >= 0.3 is 11.9 Å². The third-order valence-electron chi connectivity index (χ3n) is 1.00. The van der Waals surface area contributed by atoms with E-state index in [2.05, 4.69) is 4.74 Å². The lowest BCUT2D eigenvalue weighted by Crippen LogP contribution is -1.97. The number of hydrogen-bond acceptors (Lipinski definition) is 3. The van der Waals surface area contributed by atoms with Gasteiger partial charge in [-0.15, -0.1) is 0 Å². The molecule has 1 saturated heterocycles. The highest BCUT2D eigenvalue weighted by molar-refractivity contribution is 6.05. The zero-order valence-corrected chi connectivity index (χ0v) is 4.69. The summed E-state index contributed by atoms with van der Waals surface area (Å²) in [6.07, 6.45) is -2.75. The summed E-state index contributed by atoms with van der Waals surface area (Å²) >= 11 is 0. The Morgan fingerprint density at radius 1 is 1.40 bits per heavy atom. The van der Waals surface area contributed by atoms with Crippen molar-refractivity contribution in [3.05, 3.63) is 11.7 Å². The molecule has 54 valence electrons. The fourth-order valence-corrected chi connectivity index (χ4v) is 0.562. The van der Waals surface area contributed by atoms with E-state index in [0.717, 1.165) is 0 Å². The van der Waals surface area contributed by atoms with Crippen LogP contribution >= 0.6 is 0 Å². The summed E-state index contributed by atoms with van der Waals surface area (Å²) in [4.78, 5) is 20.4. The van der Waals surface area contributed by atoms with Crippen molar-refractivity contribution in [1.82, 2.24) is 0 Å². The molecule has 0 atom stereocenters. The lowest BCUT2D eigenvalue weighted by atomic mass is 10.2. The summed E-state index contributed by atoms with van der Waals surface area (Å²) < 4.78 is 27.0. The van der Waals surface area contributed by atoms with Crippen molar-refractivity contribution in [3.63, 3.8) is 0 Å². The highest BCUT2D eigenvalue weighted by Crippen LogP contribution is 2.20. The molecule has 1 aliphatic heterocycles. The van der Waals surface area contributed by atoms with Crippen LogP contribution in [-0.4, -0.2) is 11.9 Å². The van der Waals surface area contributed by atoms with Crippen molar-refractivity contribution in [1.29, 1.82) is 0 Å². The molecule has 1 heterocycles. The van der Waals surface area contributed by atoms with Crippen LogP contribution in [-0.2, 0) is 14.3 Å². The minimum atomic E-state index is -2.14. The van der Waals surface area contributed by atoms with E-state index in [-0.39, 0.29) is 0 Å². The fourth-order valence-electron chi connectivity index (χ4n) is 0.562. The molecular weight excluding hydrogens is 146 g/mol. The molecule has 0 amide bonds. The number of cyclic esters (lactones) is 2. The average molecular weight is 148 g/mol. The number of esters is 2. The molecule has 0 spiro atoms. The van der Waals surface area contributed by atoms with Gasteiger partial charge in [-0.2, -0.15) is 8.78 Å². The summed E-state index contributed by atoms with van der Waals surface area (Å²) in [7, 11) is 0. The Morgan fingerprint density at radius 3 is 2.20 bits per heavy atom. The second kappa shape index (κ2) is 2.17. The van der Waals surface area contributed by atoms with Crippen LogP contribution in [0.5, 0.6) is 0 Å². The molecule has 0 radical (unpaired) electrons. The van der Waals surface area contributed by atoms with E-state index in [1.165, 1.54) is 0 Å². The fraction of sp³-hybridized carbons (Fsp3) is 0.200. The largest absolute Gasteiger partial charge is 0.389 e. The van der Waals surface area contributed by atoms with Crippen LogP contribution in [0.2, 0.25) is 0 Å². The van der Waals surface area contributed by atoms with Crippen molar-refractivity contribution < 1.29 is 23.1 Å². The van der Waals surface area contributed by atoms with Gasteiger partial charge in [0.25, 0.3) is 6.08 Å². The van der Waals surface area contributed by atoms with Crippen LogP contribution in [0.15, 0.2) is 11.7 Å². The smallest absolute Gasteiger partial charge is 0.347 e. The Balaban J connectivity index is 2.93. The van der Waals surface area contributed by atoms with E-state index >= 15 is 0 Å². The molecule has 0 bridgehead atoms. The molecular formula is C5H2F2O3. The highest BCUT2D eigenvalue weighted by Gasteiger charge is 2.30. The minimum Gasteiger partial charge on any atom is -0.389 e. The van der Waals surface area contributed by atoms with Crippen molar-refractivity contribution in [2.45, 2.75) is 6.42 Å².